The second-order valence-electron chi connectivity index (χ2n) is 15.6. The minimum atomic E-state index is 0.890. The summed E-state index contributed by atoms with van der Waals surface area (Å²) < 4.78 is 14.2. The Morgan fingerprint density at radius 3 is 1.81 bits per heavy atom. The molecule has 12 aromatic rings. The van der Waals surface area contributed by atoms with Crippen molar-refractivity contribution < 1.29 is 4.42 Å². The third-order valence-corrected chi connectivity index (χ3v) is 12.4. The second-order valence-corrected chi connectivity index (χ2v) is 15.6. The first-order valence-corrected chi connectivity index (χ1v) is 20.2. The summed E-state index contributed by atoms with van der Waals surface area (Å²) in [5.41, 5.74) is 14.7. The summed E-state index contributed by atoms with van der Waals surface area (Å²) in [5.74, 6) is 0. The van der Waals surface area contributed by atoms with E-state index in [4.69, 9.17) is 4.42 Å². The fraction of sp³-hybridized carbons (Fsp3) is 0.0370. The zero-order valence-electron chi connectivity index (χ0n) is 31.6. The molecular weight excluding hydrogens is 707 g/mol. The Kier molecular flexibility index (Phi) is 6.53. The van der Waals surface area contributed by atoms with Gasteiger partial charge in [-0.2, -0.15) is 0 Å². The molecule has 272 valence electrons. The monoisotopic (exact) mass is 741 g/mol. The van der Waals surface area contributed by atoms with Crippen LogP contribution < -0.4 is 0 Å². The van der Waals surface area contributed by atoms with Crippen molar-refractivity contribution >= 4 is 93.1 Å². The smallest absolute Gasteiger partial charge is 0.160 e. The molecule has 0 saturated heterocycles. The van der Waals surface area contributed by atoms with Crippen molar-refractivity contribution in [2.45, 2.75) is 12.8 Å². The summed E-state index contributed by atoms with van der Waals surface area (Å²) in [5, 5.41) is 9.57. The lowest BCUT2D eigenvalue weighted by Crippen LogP contribution is -1.98. The van der Waals surface area contributed by atoms with E-state index >= 15 is 0 Å². The summed E-state index contributed by atoms with van der Waals surface area (Å²) in [6, 6.07) is 62.0. The highest BCUT2D eigenvalue weighted by molar-refractivity contribution is 6.27. The molecule has 0 unspecified atom stereocenters. The highest BCUT2D eigenvalue weighted by Gasteiger charge is 2.24. The molecule has 1 aliphatic carbocycles. The number of aromatic nitrogens is 3. The van der Waals surface area contributed by atoms with Gasteiger partial charge in [-0.1, -0.05) is 109 Å². The van der Waals surface area contributed by atoms with Crippen LogP contribution in [0.1, 0.15) is 12.8 Å². The van der Waals surface area contributed by atoms with Gasteiger partial charge in [0.05, 0.1) is 33.1 Å². The number of hydrogen-bond donors (Lipinski definition) is 0. The van der Waals surface area contributed by atoms with E-state index in [0.29, 0.717) is 0 Å². The van der Waals surface area contributed by atoms with Gasteiger partial charge in [-0.05, 0) is 103 Å². The number of para-hydroxylation sites is 5. The minimum Gasteiger partial charge on any atom is -0.454 e. The first-order valence-electron chi connectivity index (χ1n) is 20.2. The normalized spacial score (nSPS) is 13.4. The zero-order chi connectivity index (χ0) is 37.9. The first kappa shape index (κ1) is 31.6. The summed E-state index contributed by atoms with van der Waals surface area (Å²) in [4.78, 5) is 0. The zero-order valence-corrected chi connectivity index (χ0v) is 31.6. The molecule has 0 amide bonds. The van der Waals surface area contributed by atoms with Crippen molar-refractivity contribution in [3.05, 3.63) is 188 Å². The third-order valence-electron chi connectivity index (χ3n) is 12.4. The van der Waals surface area contributed by atoms with Crippen LogP contribution in [0.5, 0.6) is 0 Å². The molecule has 0 N–H and O–H groups in total. The second kappa shape index (κ2) is 12.0. The van der Waals surface area contributed by atoms with Crippen molar-refractivity contribution in [2.24, 2.45) is 0 Å². The molecule has 0 atom stereocenters. The fourth-order valence-corrected chi connectivity index (χ4v) is 9.96. The molecule has 0 spiro atoms. The Bertz CT molecular complexity index is 3730. The lowest BCUT2D eigenvalue weighted by molar-refractivity contribution is 0.671. The van der Waals surface area contributed by atoms with Crippen LogP contribution in [0.2, 0.25) is 0 Å². The molecule has 1 aliphatic rings. The van der Waals surface area contributed by atoms with Crippen LogP contribution in [-0.4, -0.2) is 13.7 Å². The lowest BCUT2D eigenvalue weighted by Gasteiger charge is -2.13. The van der Waals surface area contributed by atoms with Gasteiger partial charge in [0.15, 0.2) is 5.58 Å². The van der Waals surface area contributed by atoms with E-state index in [0.717, 1.165) is 57.2 Å². The maximum atomic E-state index is 6.93. The van der Waals surface area contributed by atoms with Gasteiger partial charge in [0, 0.05) is 60.2 Å². The molecule has 0 fully saturated rings. The molecule has 0 radical (unpaired) electrons. The lowest BCUT2D eigenvalue weighted by atomic mass is 9.95. The minimum absolute atomic E-state index is 0.890. The van der Waals surface area contributed by atoms with E-state index in [1.165, 1.54) is 71.2 Å². The predicted molar refractivity (Wildman–Crippen MR) is 243 cm³/mol. The van der Waals surface area contributed by atoms with Crippen LogP contribution in [0, 0.1) is 0 Å². The molecule has 8 aromatic carbocycles. The molecular formula is C54H35N3O. The predicted octanol–water partition coefficient (Wildman–Crippen LogP) is 14.7. The van der Waals surface area contributed by atoms with Crippen LogP contribution in [0.15, 0.2) is 193 Å². The SMILES string of the molecule is C1=CC(n2c3ccccc3c3cc(-n4c5ccccc5c5c(-c6ccc7c(c6)c6ccccc6n7-c6ccccc6)cc6c7ccccc7oc6c54)ccc32)=CCC1. The topological polar surface area (TPSA) is 27.9 Å². The van der Waals surface area contributed by atoms with Crippen LogP contribution in [0.4, 0.5) is 0 Å². The third kappa shape index (κ3) is 4.34. The van der Waals surface area contributed by atoms with Crippen LogP contribution in [0.25, 0.3) is 116 Å². The molecule has 0 aliphatic heterocycles. The Labute approximate surface area is 333 Å². The van der Waals surface area contributed by atoms with Gasteiger partial charge in [-0.15, -0.1) is 0 Å². The standard InChI is InChI=1S/C54H35N3O/c1-3-15-35(16-4-1)55-46-23-11-7-19-38(46)43-31-34(27-29-49(43)55)42-33-45-40-21-10-14-26-51(40)58-54(45)53-52(42)41-22-9-13-25-48(41)57(53)37-28-30-50-44(32-37)39-20-8-12-24-47(39)56(50)36-17-5-2-6-18-36/h1,3-5,7-33H,2,6H2. The summed E-state index contributed by atoms with van der Waals surface area (Å²) in [7, 11) is 0. The van der Waals surface area contributed by atoms with E-state index in [9.17, 15) is 0 Å². The van der Waals surface area contributed by atoms with E-state index in [-0.39, 0.29) is 0 Å². The van der Waals surface area contributed by atoms with Crippen molar-refractivity contribution in [2.75, 3.05) is 0 Å². The largest absolute Gasteiger partial charge is 0.454 e. The van der Waals surface area contributed by atoms with E-state index in [2.05, 4.69) is 202 Å². The number of benzene rings is 8. The summed E-state index contributed by atoms with van der Waals surface area (Å²) >= 11 is 0. The van der Waals surface area contributed by atoms with Crippen LogP contribution >= 0.6 is 0 Å². The van der Waals surface area contributed by atoms with E-state index in [1.54, 1.807) is 0 Å². The molecule has 4 heteroatoms. The number of fused-ring (bicyclic) bond motifs is 13. The number of nitrogens with zero attached hydrogens (tertiary/aromatic N) is 3. The van der Waals surface area contributed by atoms with Crippen LogP contribution in [-0.2, 0) is 0 Å². The Morgan fingerprint density at radius 2 is 1.03 bits per heavy atom. The first-order chi connectivity index (χ1) is 28.8. The van der Waals surface area contributed by atoms with Crippen molar-refractivity contribution in [3.63, 3.8) is 0 Å². The highest BCUT2D eigenvalue weighted by Crippen LogP contribution is 2.47. The van der Waals surface area contributed by atoms with E-state index in [1.807, 2.05) is 0 Å². The Morgan fingerprint density at radius 1 is 0.414 bits per heavy atom. The molecule has 13 rings (SSSR count). The van der Waals surface area contributed by atoms with Crippen LogP contribution in [0.3, 0.4) is 0 Å². The summed E-state index contributed by atoms with van der Waals surface area (Å²) in [6.45, 7) is 0. The average molecular weight is 742 g/mol. The van der Waals surface area contributed by atoms with Gasteiger partial charge in [0.1, 0.15) is 5.58 Å². The fourth-order valence-electron chi connectivity index (χ4n) is 9.96. The number of hydrogen-bond acceptors (Lipinski definition) is 1. The van der Waals surface area contributed by atoms with E-state index < -0.39 is 0 Å². The quantitative estimate of drug-likeness (QED) is 0.176. The number of furan rings is 1. The van der Waals surface area contributed by atoms with Gasteiger partial charge < -0.3 is 18.1 Å². The molecule has 4 aromatic heterocycles. The number of rotatable bonds is 4. The highest BCUT2D eigenvalue weighted by atomic mass is 16.3. The Balaban J connectivity index is 1.14. The van der Waals surface area contributed by atoms with Crippen molar-refractivity contribution in [1.29, 1.82) is 0 Å². The molecule has 58 heavy (non-hydrogen) atoms. The van der Waals surface area contributed by atoms with Gasteiger partial charge in [-0.3, -0.25) is 0 Å². The van der Waals surface area contributed by atoms with Crippen molar-refractivity contribution in [1.82, 2.24) is 13.7 Å². The molecule has 0 bridgehead atoms. The van der Waals surface area contributed by atoms with Gasteiger partial charge in [0.25, 0.3) is 0 Å². The maximum absolute atomic E-state index is 6.93. The van der Waals surface area contributed by atoms with Gasteiger partial charge >= 0.3 is 0 Å². The molecule has 4 heterocycles. The molecule has 4 nitrogen and oxygen atoms in total. The Hall–Kier alpha value is -7.56. The number of allylic oxidation sites excluding steroid dienone is 4. The maximum Gasteiger partial charge on any atom is 0.160 e. The van der Waals surface area contributed by atoms with Gasteiger partial charge in [0.2, 0.25) is 0 Å². The van der Waals surface area contributed by atoms with Crippen molar-refractivity contribution in [3.8, 4) is 22.5 Å². The average Bonchev–Trinajstić information content (AvgIpc) is 4.03. The summed E-state index contributed by atoms with van der Waals surface area (Å²) in [6.07, 6.45) is 9.06. The van der Waals surface area contributed by atoms with Gasteiger partial charge in [-0.25, -0.2) is 0 Å². The molecule has 0 saturated carbocycles.